The van der Waals surface area contributed by atoms with E-state index in [0.29, 0.717) is 28.2 Å². The Morgan fingerprint density at radius 3 is 2.21 bits per heavy atom. The molecule has 11 heteroatoms. The fourth-order valence-corrected chi connectivity index (χ4v) is 3.08. The van der Waals surface area contributed by atoms with Gasteiger partial charge in [0.05, 0.1) is 34.3 Å². The van der Waals surface area contributed by atoms with Crippen molar-refractivity contribution in [2.24, 2.45) is 5.73 Å². The minimum absolute atomic E-state index is 0.0464. The van der Waals surface area contributed by atoms with Crippen LogP contribution in [-0.2, 0) is 6.18 Å². The number of carbonyl (C=O) groups is 2. The molecule has 3 N–H and O–H groups in total. The van der Waals surface area contributed by atoms with Crippen molar-refractivity contribution < 1.29 is 27.9 Å². The fraction of sp³-hybridized carbons (Fsp3) is 0.0455. The molecule has 0 atom stereocenters. The van der Waals surface area contributed by atoms with E-state index >= 15 is 0 Å². The largest absolute Gasteiger partial charge is 0.478 e. The highest BCUT2D eigenvalue weighted by Crippen LogP contribution is 2.31. The van der Waals surface area contributed by atoms with Crippen LogP contribution in [0.5, 0.6) is 0 Å². The minimum atomic E-state index is -4.45. The summed E-state index contributed by atoms with van der Waals surface area (Å²) in [4.78, 5) is 27.0. The molecule has 166 valence electrons. The Hall–Kier alpha value is -4.54. The van der Waals surface area contributed by atoms with E-state index in [1.54, 1.807) is 6.07 Å². The molecule has 2 aromatic carbocycles. The first-order valence-corrected chi connectivity index (χ1v) is 9.37. The lowest BCUT2D eigenvalue weighted by Crippen LogP contribution is -2.11. The number of halogens is 3. The summed E-state index contributed by atoms with van der Waals surface area (Å²) in [5.74, 6) is -1.83. The number of aromatic nitrogens is 4. The number of carboxylic acid groups (broad SMARTS) is 1. The maximum absolute atomic E-state index is 12.8. The monoisotopic (exact) mass is 453 g/mol. The number of aromatic carboxylic acids is 1. The van der Waals surface area contributed by atoms with Crippen molar-refractivity contribution in [2.45, 2.75) is 6.18 Å². The molecule has 0 saturated heterocycles. The molecule has 0 fully saturated rings. The first-order valence-electron chi connectivity index (χ1n) is 9.37. The van der Waals surface area contributed by atoms with Crippen molar-refractivity contribution in [2.75, 3.05) is 0 Å². The predicted octanol–water partition coefficient (Wildman–Crippen LogP) is 3.81. The molecule has 0 saturated carbocycles. The summed E-state index contributed by atoms with van der Waals surface area (Å²) in [6.45, 7) is 0. The molecular weight excluding hydrogens is 439 g/mol. The van der Waals surface area contributed by atoms with Gasteiger partial charge in [0.1, 0.15) is 5.69 Å². The van der Waals surface area contributed by atoms with Gasteiger partial charge in [-0.3, -0.25) is 9.78 Å². The summed E-state index contributed by atoms with van der Waals surface area (Å²) >= 11 is 0. The first-order chi connectivity index (χ1) is 15.6. The molecule has 0 bridgehead atoms. The number of rotatable bonds is 5. The average Bonchev–Trinajstić information content (AvgIpc) is 3.29. The van der Waals surface area contributed by atoms with Crippen molar-refractivity contribution in [1.29, 1.82) is 0 Å². The number of amides is 1. The molecule has 0 aliphatic carbocycles. The van der Waals surface area contributed by atoms with Crippen LogP contribution in [0.3, 0.4) is 0 Å². The number of hydrogen-bond acceptors (Lipinski definition) is 5. The summed E-state index contributed by atoms with van der Waals surface area (Å²) in [5, 5.41) is 17.5. The van der Waals surface area contributed by atoms with Gasteiger partial charge in [-0.15, -0.1) is 5.10 Å². The van der Waals surface area contributed by atoms with Gasteiger partial charge >= 0.3 is 12.1 Å². The second kappa shape index (κ2) is 8.19. The van der Waals surface area contributed by atoms with Crippen molar-refractivity contribution in [3.05, 3.63) is 83.7 Å². The highest BCUT2D eigenvalue weighted by molar-refractivity contribution is 5.93. The number of pyridine rings is 1. The zero-order valence-electron chi connectivity index (χ0n) is 16.6. The fourth-order valence-electron chi connectivity index (χ4n) is 3.08. The Morgan fingerprint density at radius 2 is 1.64 bits per heavy atom. The van der Waals surface area contributed by atoms with Crippen molar-refractivity contribution >= 4 is 11.9 Å². The Balaban J connectivity index is 1.71. The second-order valence-corrected chi connectivity index (χ2v) is 6.99. The summed E-state index contributed by atoms with van der Waals surface area (Å²) in [7, 11) is 0. The van der Waals surface area contributed by atoms with Crippen molar-refractivity contribution in [1.82, 2.24) is 20.0 Å². The van der Waals surface area contributed by atoms with Crippen LogP contribution < -0.4 is 5.73 Å². The smallest absolute Gasteiger partial charge is 0.416 e. The van der Waals surface area contributed by atoms with Crippen LogP contribution in [0.2, 0.25) is 0 Å². The Kier molecular flexibility index (Phi) is 5.38. The summed E-state index contributed by atoms with van der Waals surface area (Å²) in [5.41, 5.74) is 6.47. The van der Waals surface area contributed by atoms with Crippen LogP contribution in [-0.4, -0.2) is 37.0 Å². The maximum atomic E-state index is 12.8. The number of alkyl halides is 3. The van der Waals surface area contributed by atoms with E-state index in [2.05, 4.69) is 15.3 Å². The maximum Gasteiger partial charge on any atom is 0.416 e. The van der Waals surface area contributed by atoms with Gasteiger partial charge in [-0.1, -0.05) is 17.3 Å². The van der Waals surface area contributed by atoms with Crippen LogP contribution in [0.15, 0.2) is 67.0 Å². The van der Waals surface area contributed by atoms with E-state index in [-0.39, 0.29) is 11.1 Å². The van der Waals surface area contributed by atoms with E-state index in [1.807, 2.05) is 0 Å². The lowest BCUT2D eigenvalue weighted by atomic mass is 10.1. The standard InChI is InChI=1S/C22H14F3N5O3/c23-22(24,25)16-4-1-12(2-5-16)19-11-30(29-28-19)17-8-14(7-15(9-17)21(32)33)18-6-3-13(10-27-18)20(26)31/h1-11H,(H2,26,31)(H,32,33). The molecular formula is C22H14F3N5O3. The average molecular weight is 453 g/mol. The van der Waals surface area contributed by atoms with E-state index < -0.39 is 23.6 Å². The molecule has 0 aliphatic rings. The van der Waals surface area contributed by atoms with Crippen molar-refractivity contribution in [3.63, 3.8) is 0 Å². The molecule has 0 aliphatic heterocycles. The molecule has 33 heavy (non-hydrogen) atoms. The minimum Gasteiger partial charge on any atom is -0.478 e. The van der Waals surface area contributed by atoms with Crippen LogP contribution in [0.25, 0.3) is 28.2 Å². The number of nitrogens with zero attached hydrogens (tertiary/aromatic N) is 4. The molecule has 0 radical (unpaired) electrons. The van der Waals surface area contributed by atoms with Crippen LogP contribution in [0.1, 0.15) is 26.3 Å². The molecule has 2 aromatic heterocycles. The number of primary amides is 1. The predicted molar refractivity (Wildman–Crippen MR) is 111 cm³/mol. The van der Waals surface area contributed by atoms with Crippen LogP contribution in [0, 0.1) is 0 Å². The van der Waals surface area contributed by atoms with E-state index in [9.17, 15) is 27.9 Å². The number of nitrogens with two attached hydrogens (primary N) is 1. The quantitative estimate of drug-likeness (QED) is 0.474. The Bertz CT molecular complexity index is 1350. The second-order valence-electron chi connectivity index (χ2n) is 6.99. The van der Waals surface area contributed by atoms with Gasteiger partial charge < -0.3 is 10.8 Å². The number of benzene rings is 2. The van der Waals surface area contributed by atoms with Crippen LogP contribution in [0.4, 0.5) is 13.2 Å². The normalized spacial score (nSPS) is 11.4. The van der Waals surface area contributed by atoms with Gasteiger partial charge in [-0.2, -0.15) is 13.2 Å². The molecule has 1 amide bonds. The SMILES string of the molecule is NC(=O)c1ccc(-c2cc(C(=O)O)cc(-n3cc(-c4ccc(C(F)(F)F)cc4)nn3)c2)nc1. The number of carbonyl (C=O) groups excluding carboxylic acids is 1. The number of carboxylic acids is 1. The summed E-state index contributed by atoms with van der Waals surface area (Å²) in [6, 6.07) is 11.8. The van der Waals surface area contributed by atoms with E-state index in [4.69, 9.17) is 5.73 Å². The van der Waals surface area contributed by atoms with Gasteiger partial charge in [0.15, 0.2) is 0 Å². The summed E-state index contributed by atoms with van der Waals surface area (Å²) < 4.78 is 39.7. The first kappa shape index (κ1) is 21.7. The zero-order chi connectivity index (χ0) is 23.8. The van der Waals surface area contributed by atoms with Gasteiger partial charge in [-0.05, 0) is 42.5 Å². The lowest BCUT2D eigenvalue weighted by Gasteiger charge is -2.08. The highest BCUT2D eigenvalue weighted by Gasteiger charge is 2.30. The van der Waals surface area contributed by atoms with Gasteiger partial charge in [0.25, 0.3) is 0 Å². The molecule has 4 aromatic rings. The topological polar surface area (TPSA) is 124 Å². The number of hydrogen-bond donors (Lipinski definition) is 2. The molecule has 0 unspecified atom stereocenters. The Labute approximate surface area is 184 Å². The van der Waals surface area contributed by atoms with E-state index in [0.717, 1.165) is 12.1 Å². The molecule has 0 spiro atoms. The third kappa shape index (κ3) is 4.56. The molecule has 4 rings (SSSR count). The lowest BCUT2D eigenvalue weighted by molar-refractivity contribution is -0.137. The molecule has 2 heterocycles. The highest BCUT2D eigenvalue weighted by atomic mass is 19.4. The van der Waals surface area contributed by atoms with Gasteiger partial charge in [0.2, 0.25) is 5.91 Å². The third-order valence-corrected chi connectivity index (χ3v) is 4.77. The Morgan fingerprint density at radius 1 is 0.909 bits per heavy atom. The van der Waals surface area contributed by atoms with E-state index in [1.165, 1.54) is 53.5 Å². The third-order valence-electron chi connectivity index (χ3n) is 4.77. The van der Waals surface area contributed by atoms with Crippen LogP contribution >= 0.6 is 0 Å². The van der Waals surface area contributed by atoms with Gasteiger partial charge in [-0.25, -0.2) is 9.48 Å². The van der Waals surface area contributed by atoms with Crippen molar-refractivity contribution in [3.8, 4) is 28.2 Å². The molecule has 8 nitrogen and oxygen atoms in total. The van der Waals surface area contributed by atoms with Gasteiger partial charge in [0, 0.05) is 17.3 Å². The summed E-state index contributed by atoms with van der Waals surface area (Å²) in [6.07, 6.45) is -1.70. The zero-order valence-corrected chi connectivity index (χ0v) is 16.6.